The SMILES string of the molecule is CCOC(=O)/C=C/C1CC(C)C(C)S1. The minimum atomic E-state index is -0.222. The monoisotopic (exact) mass is 214 g/mol. The van der Waals surface area contributed by atoms with Crippen LogP contribution in [0, 0.1) is 5.92 Å². The highest BCUT2D eigenvalue weighted by molar-refractivity contribution is 8.00. The molecule has 0 saturated carbocycles. The van der Waals surface area contributed by atoms with Crippen molar-refractivity contribution in [2.45, 2.75) is 37.7 Å². The lowest BCUT2D eigenvalue weighted by Crippen LogP contribution is -2.02. The van der Waals surface area contributed by atoms with Gasteiger partial charge in [0, 0.05) is 16.6 Å². The van der Waals surface area contributed by atoms with Gasteiger partial charge in [-0.15, -0.1) is 0 Å². The summed E-state index contributed by atoms with van der Waals surface area (Å²) in [5, 5.41) is 1.19. The molecular formula is C11H18O2S. The maximum atomic E-state index is 11.0. The standard InChI is InChI=1S/C11H18O2S/c1-4-13-11(12)6-5-10-7-8(2)9(3)14-10/h5-6,8-10H,4,7H2,1-3H3/b6-5+. The summed E-state index contributed by atoms with van der Waals surface area (Å²) < 4.78 is 4.82. The molecule has 1 fully saturated rings. The minimum Gasteiger partial charge on any atom is -0.463 e. The maximum Gasteiger partial charge on any atom is 0.330 e. The largest absolute Gasteiger partial charge is 0.463 e. The molecule has 1 aliphatic heterocycles. The molecule has 0 aromatic heterocycles. The number of carbonyl (C=O) groups excluding carboxylic acids is 1. The first kappa shape index (κ1) is 11.6. The predicted molar refractivity (Wildman–Crippen MR) is 60.4 cm³/mol. The van der Waals surface area contributed by atoms with Crippen molar-refractivity contribution in [2.24, 2.45) is 5.92 Å². The van der Waals surface area contributed by atoms with Gasteiger partial charge in [-0.05, 0) is 19.3 Å². The van der Waals surface area contributed by atoms with Crippen molar-refractivity contribution in [3.8, 4) is 0 Å². The average Bonchev–Trinajstić information content (AvgIpc) is 2.44. The molecule has 0 spiro atoms. The summed E-state index contributed by atoms with van der Waals surface area (Å²) in [5.74, 6) is 0.525. The van der Waals surface area contributed by atoms with Crippen molar-refractivity contribution in [2.75, 3.05) is 6.61 Å². The lowest BCUT2D eigenvalue weighted by atomic mass is 10.0. The number of hydrogen-bond acceptors (Lipinski definition) is 3. The van der Waals surface area contributed by atoms with E-state index in [9.17, 15) is 4.79 Å². The van der Waals surface area contributed by atoms with Crippen LogP contribution in [0.5, 0.6) is 0 Å². The van der Waals surface area contributed by atoms with Crippen molar-refractivity contribution in [1.82, 2.24) is 0 Å². The highest BCUT2D eigenvalue weighted by Crippen LogP contribution is 2.38. The Bertz CT molecular complexity index is 215. The second-order valence-electron chi connectivity index (χ2n) is 3.70. The molecule has 3 unspecified atom stereocenters. The van der Waals surface area contributed by atoms with E-state index in [0.29, 0.717) is 17.1 Å². The molecule has 3 atom stereocenters. The number of esters is 1. The highest BCUT2D eigenvalue weighted by atomic mass is 32.2. The van der Waals surface area contributed by atoms with Crippen LogP contribution in [-0.4, -0.2) is 23.1 Å². The van der Waals surface area contributed by atoms with Gasteiger partial charge in [0.25, 0.3) is 0 Å². The van der Waals surface area contributed by atoms with E-state index in [0.717, 1.165) is 5.92 Å². The first-order valence-electron chi connectivity index (χ1n) is 5.14. The molecule has 0 aliphatic carbocycles. The average molecular weight is 214 g/mol. The molecule has 14 heavy (non-hydrogen) atoms. The molecule has 1 heterocycles. The third kappa shape index (κ3) is 3.37. The van der Waals surface area contributed by atoms with E-state index in [-0.39, 0.29) is 5.97 Å². The minimum absolute atomic E-state index is 0.222. The van der Waals surface area contributed by atoms with Crippen LogP contribution in [0.1, 0.15) is 27.2 Å². The Hall–Kier alpha value is -0.440. The quantitative estimate of drug-likeness (QED) is 0.533. The summed E-state index contributed by atoms with van der Waals surface area (Å²) >= 11 is 1.94. The van der Waals surface area contributed by atoms with Crippen molar-refractivity contribution in [3.05, 3.63) is 12.2 Å². The summed E-state index contributed by atoms with van der Waals surface area (Å²) in [6.45, 7) is 6.78. The van der Waals surface area contributed by atoms with Crippen molar-refractivity contribution >= 4 is 17.7 Å². The summed E-state index contributed by atoms with van der Waals surface area (Å²) in [7, 11) is 0. The summed E-state index contributed by atoms with van der Waals surface area (Å²) in [6.07, 6.45) is 4.70. The van der Waals surface area contributed by atoms with Gasteiger partial charge in [-0.25, -0.2) is 4.79 Å². The Morgan fingerprint density at radius 1 is 1.57 bits per heavy atom. The van der Waals surface area contributed by atoms with E-state index in [1.165, 1.54) is 6.42 Å². The summed E-state index contributed by atoms with van der Waals surface area (Å²) in [6, 6.07) is 0. The molecule has 80 valence electrons. The van der Waals surface area contributed by atoms with Gasteiger partial charge in [0.15, 0.2) is 0 Å². The van der Waals surface area contributed by atoms with Gasteiger partial charge in [0.1, 0.15) is 0 Å². The Labute approximate surface area is 90.1 Å². The van der Waals surface area contributed by atoms with Crippen LogP contribution in [0.3, 0.4) is 0 Å². The van der Waals surface area contributed by atoms with E-state index in [1.807, 2.05) is 24.8 Å². The number of rotatable bonds is 3. The second kappa shape index (κ2) is 5.44. The van der Waals surface area contributed by atoms with E-state index in [1.54, 1.807) is 6.08 Å². The zero-order chi connectivity index (χ0) is 10.6. The number of thioether (sulfide) groups is 1. The molecule has 0 aromatic rings. The molecule has 3 heteroatoms. The van der Waals surface area contributed by atoms with Gasteiger partial charge in [-0.3, -0.25) is 0 Å². The highest BCUT2D eigenvalue weighted by Gasteiger charge is 2.26. The van der Waals surface area contributed by atoms with Gasteiger partial charge < -0.3 is 4.74 Å². The Morgan fingerprint density at radius 2 is 2.29 bits per heavy atom. The lowest BCUT2D eigenvalue weighted by Gasteiger charge is -2.04. The Morgan fingerprint density at radius 3 is 2.79 bits per heavy atom. The molecule has 1 rings (SSSR count). The van der Waals surface area contributed by atoms with Gasteiger partial charge in [-0.1, -0.05) is 19.9 Å². The van der Waals surface area contributed by atoms with E-state index in [2.05, 4.69) is 13.8 Å². The molecule has 0 radical (unpaired) electrons. The molecular weight excluding hydrogens is 196 g/mol. The Kier molecular flexibility index (Phi) is 4.52. The van der Waals surface area contributed by atoms with Gasteiger partial charge in [-0.2, -0.15) is 11.8 Å². The summed E-state index contributed by atoms with van der Waals surface area (Å²) in [4.78, 5) is 11.0. The fourth-order valence-electron chi connectivity index (χ4n) is 1.52. The van der Waals surface area contributed by atoms with Crippen LogP contribution in [0.15, 0.2) is 12.2 Å². The van der Waals surface area contributed by atoms with Crippen LogP contribution in [0.25, 0.3) is 0 Å². The number of ether oxygens (including phenoxy) is 1. The number of hydrogen-bond donors (Lipinski definition) is 0. The molecule has 1 aliphatic rings. The van der Waals surface area contributed by atoms with Crippen LogP contribution >= 0.6 is 11.8 Å². The number of carbonyl (C=O) groups is 1. The summed E-state index contributed by atoms with van der Waals surface area (Å²) in [5.41, 5.74) is 0. The molecule has 0 N–H and O–H groups in total. The molecule has 2 nitrogen and oxygen atoms in total. The zero-order valence-corrected chi connectivity index (χ0v) is 9.84. The third-order valence-electron chi connectivity index (χ3n) is 2.53. The molecule has 0 amide bonds. The molecule has 1 saturated heterocycles. The first-order chi connectivity index (χ1) is 6.63. The van der Waals surface area contributed by atoms with Crippen LogP contribution in [0.2, 0.25) is 0 Å². The normalized spacial score (nSPS) is 32.4. The fraction of sp³-hybridized carbons (Fsp3) is 0.727. The van der Waals surface area contributed by atoms with Crippen molar-refractivity contribution in [3.63, 3.8) is 0 Å². The zero-order valence-electron chi connectivity index (χ0n) is 9.03. The fourth-order valence-corrected chi connectivity index (χ4v) is 3.04. The first-order valence-corrected chi connectivity index (χ1v) is 6.08. The predicted octanol–water partition coefficient (Wildman–Crippen LogP) is 2.64. The third-order valence-corrected chi connectivity index (χ3v) is 4.12. The van der Waals surface area contributed by atoms with Crippen LogP contribution in [-0.2, 0) is 9.53 Å². The van der Waals surface area contributed by atoms with Gasteiger partial charge in [0.2, 0.25) is 0 Å². The van der Waals surface area contributed by atoms with E-state index in [4.69, 9.17) is 4.74 Å². The van der Waals surface area contributed by atoms with Crippen molar-refractivity contribution in [1.29, 1.82) is 0 Å². The topological polar surface area (TPSA) is 26.3 Å². The van der Waals surface area contributed by atoms with E-state index >= 15 is 0 Å². The maximum absolute atomic E-state index is 11.0. The lowest BCUT2D eigenvalue weighted by molar-refractivity contribution is -0.137. The molecule has 0 aromatic carbocycles. The molecule has 0 bridgehead atoms. The second-order valence-corrected chi connectivity index (χ2v) is 5.33. The van der Waals surface area contributed by atoms with Crippen LogP contribution < -0.4 is 0 Å². The smallest absolute Gasteiger partial charge is 0.330 e. The van der Waals surface area contributed by atoms with Crippen LogP contribution in [0.4, 0.5) is 0 Å². The Balaban J connectivity index is 2.35. The van der Waals surface area contributed by atoms with Gasteiger partial charge in [0.05, 0.1) is 6.61 Å². The van der Waals surface area contributed by atoms with Crippen molar-refractivity contribution < 1.29 is 9.53 Å². The van der Waals surface area contributed by atoms with Gasteiger partial charge >= 0.3 is 5.97 Å². The van der Waals surface area contributed by atoms with E-state index < -0.39 is 0 Å².